The highest BCUT2D eigenvalue weighted by molar-refractivity contribution is 5.91. The number of benzene rings is 1. The molecular weight excluding hydrogens is 332 g/mol. The van der Waals surface area contributed by atoms with Gasteiger partial charge in [0, 0.05) is 24.1 Å². The average molecular weight is 350 g/mol. The van der Waals surface area contributed by atoms with Crippen molar-refractivity contribution in [2.75, 3.05) is 20.8 Å². The van der Waals surface area contributed by atoms with Gasteiger partial charge in [0.15, 0.2) is 11.5 Å². The molecule has 0 aliphatic heterocycles. The van der Waals surface area contributed by atoms with Gasteiger partial charge >= 0.3 is 17.9 Å². The Labute approximate surface area is 144 Å². The van der Waals surface area contributed by atoms with Gasteiger partial charge in [-0.2, -0.15) is 0 Å². The van der Waals surface area contributed by atoms with Gasteiger partial charge in [0.2, 0.25) is 0 Å². The zero-order valence-corrected chi connectivity index (χ0v) is 13.9. The molecule has 0 spiro atoms. The monoisotopic (exact) mass is 350 g/mol. The third kappa shape index (κ3) is 7.30. The number of methoxy groups -OCH3 is 2. The number of hydrogen-bond donors (Lipinski definition) is 0. The first kappa shape index (κ1) is 19.9. The maximum absolute atomic E-state index is 11.8. The number of hydrogen-bond acceptors (Lipinski definition) is 8. The van der Waals surface area contributed by atoms with Gasteiger partial charge in [0.25, 0.3) is 0 Å². The lowest BCUT2D eigenvalue weighted by Crippen LogP contribution is -2.11. The Bertz CT molecular complexity index is 663. The summed E-state index contributed by atoms with van der Waals surface area (Å²) < 4.78 is 19.3. The zero-order chi connectivity index (χ0) is 18.7. The number of esters is 3. The van der Waals surface area contributed by atoms with Gasteiger partial charge in [-0.1, -0.05) is 0 Å². The molecule has 0 saturated carbocycles. The van der Waals surface area contributed by atoms with Crippen LogP contribution in [0.5, 0.6) is 11.5 Å². The van der Waals surface area contributed by atoms with Crippen molar-refractivity contribution in [2.24, 2.45) is 0 Å². The Balaban J connectivity index is 2.38. The molecule has 0 saturated heterocycles. The van der Waals surface area contributed by atoms with Crippen LogP contribution in [-0.2, 0) is 23.9 Å². The summed E-state index contributed by atoms with van der Waals surface area (Å²) in [5.74, 6) is -1.48. The third-order valence-electron chi connectivity index (χ3n) is 2.87. The Morgan fingerprint density at radius 2 is 1.76 bits per heavy atom. The highest BCUT2D eigenvalue weighted by atomic mass is 16.6. The van der Waals surface area contributed by atoms with Crippen molar-refractivity contribution in [3.05, 3.63) is 35.9 Å². The van der Waals surface area contributed by atoms with Crippen molar-refractivity contribution in [3.8, 4) is 11.5 Å². The van der Waals surface area contributed by atoms with Crippen molar-refractivity contribution in [3.63, 3.8) is 0 Å². The molecule has 25 heavy (non-hydrogen) atoms. The summed E-state index contributed by atoms with van der Waals surface area (Å²) >= 11 is 0. The van der Waals surface area contributed by atoms with Crippen LogP contribution in [0.3, 0.4) is 0 Å². The predicted octanol–water partition coefficient (Wildman–Crippen LogP) is 1.47. The molecule has 0 N–H and O–H groups in total. The number of ether oxygens (including phenoxy) is 4. The van der Waals surface area contributed by atoms with Crippen molar-refractivity contribution < 1.29 is 38.1 Å². The van der Waals surface area contributed by atoms with E-state index in [2.05, 4.69) is 4.74 Å². The molecule has 134 valence electrons. The predicted molar refractivity (Wildman–Crippen MR) is 85.4 cm³/mol. The van der Waals surface area contributed by atoms with Crippen LogP contribution in [0.2, 0.25) is 0 Å². The van der Waals surface area contributed by atoms with E-state index in [1.54, 1.807) is 0 Å². The highest BCUT2D eigenvalue weighted by Gasteiger charge is 2.11. The molecule has 0 aromatic heterocycles. The van der Waals surface area contributed by atoms with E-state index in [1.165, 1.54) is 32.4 Å². The molecule has 1 aromatic carbocycles. The quantitative estimate of drug-likeness (QED) is 0.217. The second kappa shape index (κ2) is 10.6. The van der Waals surface area contributed by atoms with Crippen LogP contribution in [0, 0.1) is 0 Å². The van der Waals surface area contributed by atoms with Gasteiger partial charge in [0.1, 0.15) is 6.29 Å². The van der Waals surface area contributed by atoms with Gasteiger partial charge in [-0.15, -0.1) is 0 Å². The molecule has 1 aromatic rings. The second-order valence-corrected chi connectivity index (χ2v) is 4.63. The molecule has 0 radical (unpaired) electrons. The van der Waals surface area contributed by atoms with Crippen LogP contribution < -0.4 is 9.47 Å². The lowest BCUT2D eigenvalue weighted by atomic mass is 10.2. The largest absolute Gasteiger partial charge is 0.493 e. The molecule has 0 fully saturated rings. The van der Waals surface area contributed by atoms with Crippen LogP contribution in [0.25, 0.3) is 0 Å². The van der Waals surface area contributed by atoms with Crippen molar-refractivity contribution >= 4 is 24.2 Å². The van der Waals surface area contributed by atoms with E-state index >= 15 is 0 Å². The highest BCUT2D eigenvalue weighted by Crippen LogP contribution is 2.27. The maximum atomic E-state index is 11.8. The zero-order valence-electron chi connectivity index (χ0n) is 13.9. The van der Waals surface area contributed by atoms with Crippen LogP contribution in [0.1, 0.15) is 23.2 Å². The fraction of sp³-hybridized carbons (Fsp3) is 0.294. The van der Waals surface area contributed by atoms with Gasteiger partial charge in [-0.05, 0) is 24.6 Å². The van der Waals surface area contributed by atoms with Gasteiger partial charge in [-0.3, -0.25) is 9.59 Å². The summed E-state index contributed by atoms with van der Waals surface area (Å²) in [4.78, 5) is 44.5. The minimum Gasteiger partial charge on any atom is -0.493 e. The van der Waals surface area contributed by atoms with E-state index in [0.717, 1.165) is 12.2 Å². The Kier molecular flexibility index (Phi) is 8.42. The molecule has 8 nitrogen and oxygen atoms in total. The van der Waals surface area contributed by atoms with Crippen molar-refractivity contribution in [1.82, 2.24) is 0 Å². The smallest absolute Gasteiger partial charge is 0.331 e. The van der Waals surface area contributed by atoms with E-state index in [-0.39, 0.29) is 30.9 Å². The van der Waals surface area contributed by atoms with E-state index < -0.39 is 17.9 Å². The van der Waals surface area contributed by atoms with Gasteiger partial charge < -0.3 is 18.9 Å². The molecule has 0 amide bonds. The fourth-order valence-electron chi connectivity index (χ4n) is 1.66. The fourth-order valence-corrected chi connectivity index (χ4v) is 1.66. The van der Waals surface area contributed by atoms with Crippen LogP contribution >= 0.6 is 0 Å². The average Bonchev–Trinajstić information content (AvgIpc) is 2.63. The second-order valence-electron chi connectivity index (χ2n) is 4.63. The molecule has 0 atom stereocenters. The van der Waals surface area contributed by atoms with Crippen LogP contribution in [-0.4, -0.2) is 45.0 Å². The van der Waals surface area contributed by atoms with Crippen molar-refractivity contribution in [2.45, 2.75) is 12.8 Å². The number of aldehydes is 1. The summed E-state index contributed by atoms with van der Waals surface area (Å²) in [6.07, 6.45) is 2.77. The Morgan fingerprint density at radius 1 is 1.04 bits per heavy atom. The molecule has 0 aliphatic rings. The summed E-state index contributed by atoms with van der Waals surface area (Å²) in [6, 6.07) is 4.40. The minimum atomic E-state index is -0.718. The first-order valence-corrected chi connectivity index (χ1v) is 7.26. The lowest BCUT2D eigenvalue weighted by molar-refractivity contribution is -0.140. The Hall–Kier alpha value is -3.16. The topological polar surface area (TPSA) is 105 Å². The third-order valence-corrected chi connectivity index (χ3v) is 2.87. The molecule has 0 aliphatic carbocycles. The number of rotatable bonds is 9. The SMILES string of the molecule is COC(=O)/C=C/C(=O)OCCCC(=O)Oc1ccc(C=O)cc1OC. The normalized spacial score (nSPS) is 10.2. The first-order valence-electron chi connectivity index (χ1n) is 7.26. The van der Waals surface area contributed by atoms with E-state index in [9.17, 15) is 19.2 Å². The molecule has 0 unspecified atom stereocenters. The van der Waals surface area contributed by atoms with Crippen LogP contribution in [0.4, 0.5) is 0 Å². The summed E-state index contributed by atoms with van der Waals surface area (Å²) in [5, 5.41) is 0. The van der Waals surface area contributed by atoms with Gasteiger partial charge in [0.05, 0.1) is 20.8 Å². The van der Waals surface area contributed by atoms with Gasteiger partial charge in [-0.25, -0.2) is 9.59 Å². The molecule has 1 rings (SSSR count). The van der Waals surface area contributed by atoms with Crippen molar-refractivity contribution in [1.29, 1.82) is 0 Å². The standard InChI is InChI=1S/C17H18O8/c1-22-14-10-12(11-18)5-6-13(14)25-17(21)4-3-9-24-16(20)8-7-15(19)23-2/h5-8,10-11H,3-4,9H2,1-2H3/b8-7+. The number of carbonyl (C=O) groups is 4. The first-order chi connectivity index (χ1) is 12.0. The molecular formula is C17H18O8. The molecule has 8 heteroatoms. The Morgan fingerprint density at radius 3 is 2.40 bits per heavy atom. The maximum Gasteiger partial charge on any atom is 0.331 e. The molecule has 0 bridgehead atoms. The van der Waals surface area contributed by atoms with E-state index in [1.807, 2.05) is 0 Å². The van der Waals surface area contributed by atoms with E-state index in [4.69, 9.17) is 14.2 Å². The van der Waals surface area contributed by atoms with E-state index in [0.29, 0.717) is 11.8 Å². The number of carbonyl (C=O) groups excluding carboxylic acids is 4. The lowest BCUT2D eigenvalue weighted by Gasteiger charge is -2.09. The summed E-state index contributed by atoms with van der Waals surface area (Å²) in [5.41, 5.74) is 0.392. The molecule has 0 heterocycles. The summed E-state index contributed by atoms with van der Waals surface area (Å²) in [6.45, 7) is -0.0132. The summed E-state index contributed by atoms with van der Waals surface area (Å²) in [7, 11) is 2.58. The van der Waals surface area contributed by atoms with Crippen LogP contribution in [0.15, 0.2) is 30.4 Å². The minimum absolute atomic E-state index is 0.00653.